The van der Waals surface area contributed by atoms with Crippen LogP contribution < -0.4 is 5.32 Å². The molecule has 1 heterocycles. The second-order valence-corrected chi connectivity index (χ2v) is 4.23. The Bertz CT molecular complexity index is 525. The smallest absolute Gasteiger partial charge is 0.377 e. The molecule has 0 unspecified atom stereocenters. The second-order valence-electron chi connectivity index (χ2n) is 3.37. The summed E-state index contributed by atoms with van der Waals surface area (Å²) in [6.07, 6.45) is -4.35. The van der Waals surface area contributed by atoms with Gasteiger partial charge in [-0.25, -0.2) is 0 Å². The van der Waals surface area contributed by atoms with E-state index in [1.54, 1.807) is 0 Å². The number of aromatic amines is 1. The monoisotopic (exact) mass is 321 g/mol. The molecule has 1 aromatic heterocycles. The Labute approximate surface area is 108 Å². The van der Waals surface area contributed by atoms with Crippen molar-refractivity contribution >= 4 is 21.6 Å². The molecular formula is C9H7BrF3N5. The number of H-pyrrole nitrogens is 1. The molecule has 0 amide bonds. The molecule has 0 aliphatic heterocycles. The lowest BCUT2D eigenvalue weighted by molar-refractivity contribution is -0.137. The van der Waals surface area contributed by atoms with Gasteiger partial charge in [0.1, 0.15) is 0 Å². The van der Waals surface area contributed by atoms with Crippen LogP contribution in [0.3, 0.4) is 0 Å². The van der Waals surface area contributed by atoms with Crippen molar-refractivity contribution in [1.82, 2.24) is 20.6 Å². The quantitative estimate of drug-likeness (QED) is 0.912. The molecule has 0 spiro atoms. The van der Waals surface area contributed by atoms with Crippen LogP contribution in [0, 0.1) is 0 Å². The molecule has 2 rings (SSSR count). The van der Waals surface area contributed by atoms with Gasteiger partial charge in [0.15, 0.2) is 5.82 Å². The van der Waals surface area contributed by atoms with Crippen LogP contribution in [0.2, 0.25) is 0 Å². The average Bonchev–Trinajstić information content (AvgIpc) is 2.79. The Hall–Kier alpha value is -1.64. The predicted octanol–water partition coefficient (Wildman–Crippen LogP) is 2.59. The highest BCUT2D eigenvalue weighted by Gasteiger charge is 2.30. The molecular weight excluding hydrogens is 315 g/mol. The molecule has 0 atom stereocenters. The van der Waals surface area contributed by atoms with E-state index in [0.717, 1.165) is 12.1 Å². The van der Waals surface area contributed by atoms with Crippen LogP contribution >= 0.6 is 15.9 Å². The van der Waals surface area contributed by atoms with Crippen molar-refractivity contribution in [1.29, 1.82) is 0 Å². The molecule has 0 saturated heterocycles. The molecule has 0 saturated carbocycles. The van der Waals surface area contributed by atoms with Crippen LogP contribution in [-0.4, -0.2) is 20.6 Å². The molecule has 2 N–H and O–H groups in total. The van der Waals surface area contributed by atoms with E-state index < -0.39 is 11.7 Å². The third-order valence-corrected chi connectivity index (χ3v) is 2.78. The van der Waals surface area contributed by atoms with Crippen LogP contribution in [0.5, 0.6) is 0 Å². The van der Waals surface area contributed by atoms with Gasteiger partial charge in [-0.2, -0.15) is 18.4 Å². The van der Waals surface area contributed by atoms with Crippen molar-refractivity contribution in [3.8, 4) is 0 Å². The van der Waals surface area contributed by atoms with Crippen LogP contribution in [0.15, 0.2) is 22.7 Å². The summed E-state index contributed by atoms with van der Waals surface area (Å²) < 4.78 is 37.6. The van der Waals surface area contributed by atoms with Gasteiger partial charge in [-0.3, -0.25) is 0 Å². The summed E-state index contributed by atoms with van der Waals surface area (Å²) in [5.41, 5.74) is -0.188. The first-order chi connectivity index (χ1) is 8.47. The summed E-state index contributed by atoms with van der Waals surface area (Å²) >= 11 is 3.08. The van der Waals surface area contributed by atoms with Gasteiger partial charge in [0.2, 0.25) is 0 Å². The van der Waals surface area contributed by atoms with Gasteiger partial charge in [-0.1, -0.05) is 5.21 Å². The van der Waals surface area contributed by atoms with Crippen LogP contribution in [0.1, 0.15) is 11.4 Å². The minimum Gasteiger partial charge on any atom is -0.377 e. The highest BCUT2D eigenvalue weighted by Crippen LogP contribution is 2.33. The van der Waals surface area contributed by atoms with E-state index >= 15 is 0 Å². The molecule has 0 fully saturated rings. The van der Waals surface area contributed by atoms with Crippen LogP contribution in [0.25, 0.3) is 0 Å². The standard InChI is InChI=1S/C9H7BrF3N5/c10-6-3-5(9(11,12)13)1-2-7(6)14-4-8-15-17-18-16-8/h1-3,14H,4H2,(H,15,16,17,18). The summed E-state index contributed by atoms with van der Waals surface area (Å²) in [4.78, 5) is 0. The molecule has 0 radical (unpaired) electrons. The van der Waals surface area contributed by atoms with Gasteiger partial charge in [0.25, 0.3) is 0 Å². The molecule has 0 aliphatic rings. The number of hydrogen-bond acceptors (Lipinski definition) is 4. The number of aromatic nitrogens is 4. The lowest BCUT2D eigenvalue weighted by Gasteiger charge is -2.10. The molecule has 1 aromatic carbocycles. The number of halogens is 4. The Morgan fingerprint density at radius 1 is 1.33 bits per heavy atom. The van der Waals surface area contributed by atoms with E-state index in [9.17, 15) is 13.2 Å². The van der Waals surface area contributed by atoms with Gasteiger partial charge in [-0.15, -0.1) is 10.2 Å². The van der Waals surface area contributed by atoms with Crippen molar-refractivity contribution in [3.63, 3.8) is 0 Å². The zero-order chi connectivity index (χ0) is 13.2. The topological polar surface area (TPSA) is 66.5 Å². The average molecular weight is 322 g/mol. The minimum atomic E-state index is -4.35. The van der Waals surface area contributed by atoms with Crippen molar-refractivity contribution in [3.05, 3.63) is 34.1 Å². The van der Waals surface area contributed by atoms with Crippen molar-refractivity contribution in [2.24, 2.45) is 0 Å². The molecule has 96 valence electrons. The van der Waals surface area contributed by atoms with Crippen molar-refractivity contribution in [2.75, 3.05) is 5.32 Å². The molecule has 2 aromatic rings. The fourth-order valence-corrected chi connectivity index (χ4v) is 1.79. The van der Waals surface area contributed by atoms with Gasteiger partial charge in [0, 0.05) is 10.2 Å². The number of tetrazole rings is 1. The first-order valence-electron chi connectivity index (χ1n) is 4.80. The maximum absolute atomic E-state index is 12.4. The van der Waals surface area contributed by atoms with E-state index in [0.29, 0.717) is 16.0 Å². The summed E-state index contributed by atoms with van der Waals surface area (Å²) in [5.74, 6) is 0.418. The number of benzene rings is 1. The van der Waals surface area contributed by atoms with Gasteiger partial charge in [-0.05, 0) is 34.1 Å². The molecule has 5 nitrogen and oxygen atoms in total. The Balaban J connectivity index is 2.10. The largest absolute Gasteiger partial charge is 0.416 e. The Kier molecular flexibility index (Phi) is 3.50. The van der Waals surface area contributed by atoms with Crippen LogP contribution in [-0.2, 0) is 12.7 Å². The Morgan fingerprint density at radius 3 is 2.67 bits per heavy atom. The number of anilines is 1. The highest BCUT2D eigenvalue weighted by molar-refractivity contribution is 9.10. The summed E-state index contributed by atoms with van der Waals surface area (Å²) in [7, 11) is 0. The first kappa shape index (κ1) is 12.8. The second kappa shape index (κ2) is 4.92. The SMILES string of the molecule is FC(F)(F)c1ccc(NCc2nn[nH]n2)c(Br)c1. The highest BCUT2D eigenvalue weighted by atomic mass is 79.9. The molecule has 9 heteroatoms. The first-order valence-corrected chi connectivity index (χ1v) is 5.59. The zero-order valence-electron chi connectivity index (χ0n) is 8.79. The van der Waals surface area contributed by atoms with Gasteiger partial charge in [0.05, 0.1) is 12.1 Å². The van der Waals surface area contributed by atoms with E-state index in [2.05, 4.69) is 41.9 Å². The number of alkyl halides is 3. The van der Waals surface area contributed by atoms with E-state index in [4.69, 9.17) is 0 Å². The van der Waals surface area contributed by atoms with Gasteiger partial charge >= 0.3 is 6.18 Å². The predicted molar refractivity (Wildman–Crippen MR) is 60.6 cm³/mol. The van der Waals surface area contributed by atoms with E-state index in [-0.39, 0.29) is 6.54 Å². The molecule has 0 aliphatic carbocycles. The summed E-state index contributed by atoms with van der Waals surface area (Å²) in [5, 5.41) is 16.0. The fourth-order valence-electron chi connectivity index (χ4n) is 1.27. The lowest BCUT2D eigenvalue weighted by Crippen LogP contribution is -2.06. The molecule has 18 heavy (non-hydrogen) atoms. The van der Waals surface area contributed by atoms with E-state index in [1.165, 1.54) is 6.07 Å². The van der Waals surface area contributed by atoms with Gasteiger partial charge < -0.3 is 5.32 Å². The normalized spacial score (nSPS) is 11.6. The number of nitrogens with zero attached hydrogens (tertiary/aromatic N) is 3. The number of nitrogens with one attached hydrogen (secondary N) is 2. The minimum absolute atomic E-state index is 0.264. The zero-order valence-corrected chi connectivity index (χ0v) is 10.4. The van der Waals surface area contributed by atoms with Crippen molar-refractivity contribution < 1.29 is 13.2 Å². The number of hydrogen-bond donors (Lipinski definition) is 2. The summed E-state index contributed by atoms with van der Waals surface area (Å²) in [6, 6.07) is 3.36. The summed E-state index contributed by atoms with van der Waals surface area (Å²) in [6.45, 7) is 0.264. The van der Waals surface area contributed by atoms with Crippen LogP contribution in [0.4, 0.5) is 18.9 Å². The maximum atomic E-state index is 12.4. The molecule has 0 bridgehead atoms. The Morgan fingerprint density at radius 2 is 2.11 bits per heavy atom. The van der Waals surface area contributed by atoms with E-state index in [1.807, 2.05) is 0 Å². The maximum Gasteiger partial charge on any atom is 0.416 e. The third-order valence-electron chi connectivity index (χ3n) is 2.12. The van der Waals surface area contributed by atoms with Crippen molar-refractivity contribution in [2.45, 2.75) is 12.7 Å². The third kappa shape index (κ3) is 2.97. The lowest BCUT2D eigenvalue weighted by atomic mass is 10.2. The number of rotatable bonds is 3. The fraction of sp³-hybridized carbons (Fsp3) is 0.222.